The molecular weight excluding hydrogens is 398 g/mol. The molecule has 3 amide bonds. The van der Waals surface area contributed by atoms with Crippen LogP contribution in [0.1, 0.15) is 45.7 Å². The first-order valence-electron chi connectivity index (χ1n) is 10.6. The number of alkyl carbamates (subject to hydrolysis) is 1. The van der Waals surface area contributed by atoms with Crippen molar-refractivity contribution in [2.45, 2.75) is 59.5 Å². The fourth-order valence-corrected chi connectivity index (χ4v) is 3.10. The van der Waals surface area contributed by atoms with Gasteiger partial charge in [0.2, 0.25) is 11.7 Å². The number of ether oxygens (including phenoxy) is 1. The summed E-state index contributed by atoms with van der Waals surface area (Å²) in [7, 11) is 0. The van der Waals surface area contributed by atoms with Gasteiger partial charge in [0.15, 0.2) is 0 Å². The molecule has 2 atom stereocenters. The maximum absolute atomic E-state index is 13.0. The first kappa shape index (κ1) is 24.4. The van der Waals surface area contributed by atoms with Gasteiger partial charge in [-0.25, -0.2) is 4.79 Å². The minimum absolute atomic E-state index is 0.178. The van der Waals surface area contributed by atoms with E-state index < -0.39 is 35.8 Å². The molecule has 31 heavy (non-hydrogen) atoms. The molecule has 0 aromatic heterocycles. The van der Waals surface area contributed by atoms with Gasteiger partial charge in [0.25, 0.3) is 5.91 Å². The van der Waals surface area contributed by atoms with Gasteiger partial charge in [-0.15, -0.1) is 0 Å². The second kappa shape index (κ2) is 10.4. The zero-order valence-electron chi connectivity index (χ0n) is 18.9. The first-order valence-corrected chi connectivity index (χ1v) is 10.6. The monoisotopic (exact) mass is 431 g/mol. The van der Waals surface area contributed by atoms with Crippen LogP contribution in [-0.4, -0.2) is 48.9 Å². The van der Waals surface area contributed by atoms with E-state index in [1.807, 2.05) is 45.0 Å². The molecule has 0 spiro atoms. The molecule has 2 aliphatic rings. The summed E-state index contributed by atoms with van der Waals surface area (Å²) in [5.74, 6) is -2.24. The lowest BCUT2D eigenvalue weighted by Gasteiger charge is -2.25. The number of hydrogen-bond acceptors (Lipinski definition) is 5. The van der Waals surface area contributed by atoms with Crippen molar-refractivity contribution in [3.8, 4) is 0 Å². The third kappa shape index (κ3) is 7.70. The number of carbonyl (C=O) groups is 4. The summed E-state index contributed by atoms with van der Waals surface area (Å²) >= 11 is 0. The van der Waals surface area contributed by atoms with Crippen molar-refractivity contribution in [3.05, 3.63) is 35.4 Å². The van der Waals surface area contributed by atoms with E-state index in [1.54, 1.807) is 13.8 Å². The number of nitrogens with one attached hydrogen (secondary N) is 3. The highest BCUT2D eigenvalue weighted by molar-refractivity contribution is 6.38. The molecule has 3 rings (SSSR count). The Balaban J connectivity index is 2.13. The quantitative estimate of drug-likeness (QED) is 0.615. The van der Waals surface area contributed by atoms with Crippen molar-refractivity contribution in [2.75, 3.05) is 13.2 Å². The van der Waals surface area contributed by atoms with E-state index in [9.17, 15) is 19.2 Å². The second-order valence-corrected chi connectivity index (χ2v) is 9.45. The van der Waals surface area contributed by atoms with Gasteiger partial charge in [-0.3, -0.25) is 14.4 Å². The van der Waals surface area contributed by atoms with Crippen LogP contribution in [0, 0.1) is 11.3 Å². The average molecular weight is 432 g/mol. The van der Waals surface area contributed by atoms with Gasteiger partial charge in [0, 0.05) is 13.0 Å². The Morgan fingerprint density at radius 3 is 2.32 bits per heavy atom. The van der Waals surface area contributed by atoms with Gasteiger partial charge >= 0.3 is 6.09 Å². The largest absolute Gasteiger partial charge is 0.449 e. The van der Waals surface area contributed by atoms with E-state index in [0.29, 0.717) is 13.0 Å². The van der Waals surface area contributed by atoms with E-state index >= 15 is 0 Å². The summed E-state index contributed by atoms with van der Waals surface area (Å²) in [6, 6.07) is 5.72. The maximum Gasteiger partial charge on any atom is 0.407 e. The molecule has 3 N–H and O–H groups in total. The molecule has 2 heterocycles. The molecule has 0 fully saturated rings. The third-order valence-electron chi connectivity index (χ3n) is 4.88. The SMILES string of the molecule is CC(C)C(NC(=O)OCC(C)(C)C)C(=O)NC1Cc2ccc(cc2)CCNC(=O)C1=O. The molecule has 2 unspecified atom stereocenters. The predicted octanol–water partition coefficient (Wildman–Crippen LogP) is 1.75. The number of rotatable bonds is 5. The number of carbonyl (C=O) groups excluding carboxylic acids is 4. The lowest BCUT2D eigenvalue weighted by Crippen LogP contribution is -2.56. The van der Waals surface area contributed by atoms with Gasteiger partial charge in [-0.2, -0.15) is 0 Å². The van der Waals surface area contributed by atoms with Gasteiger partial charge in [-0.05, 0) is 28.9 Å². The Morgan fingerprint density at radius 2 is 1.74 bits per heavy atom. The van der Waals surface area contributed by atoms with Gasteiger partial charge in [-0.1, -0.05) is 58.9 Å². The summed E-state index contributed by atoms with van der Waals surface area (Å²) in [6.45, 7) is 9.87. The highest BCUT2D eigenvalue weighted by Crippen LogP contribution is 2.14. The van der Waals surface area contributed by atoms with Crippen LogP contribution in [-0.2, 0) is 32.0 Å². The zero-order chi connectivity index (χ0) is 23.2. The van der Waals surface area contributed by atoms with Gasteiger partial charge in [0.1, 0.15) is 12.1 Å². The molecule has 0 saturated heterocycles. The van der Waals surface area contributed by atoms with Crippen molar-refractivity contribution < 1.29 is 23.9 Å². The average Bonchev–Trinajstić information content (AvgIpc) is 2.72. The Bertz CT molecular complexity index is 811. The van der Waals surface area contributed by atoms with E-state index in [4.69, 9.17) is 4.74 Å². The summed E-state index contributed by atoms with van der Waals surface area (Å²) in [4.78, 5) is 50.1. The second-order valence-electron chi connectivity index (χ2n) is 9.45. The molecule has 0 aliphatic carbocycles. The van der Waals surface area contributed by atoms with E-state index in [-0.39, 0.29) is 24.4 Å². The highest BCUT2D eigenvalue weighted by Gasteiger charge is 2.32. The van der Waals surface area contributed by atoms with Crippen LogP contribution in [0.4, 0.5) is 4.79 Å². The minimum atomic E-state index is -1.04. The number of benzene rings is 1. The van der Waals surface area contributed by atoms with Crippen LogP contribution < -0.4 is 16.0 Å². The van der Waals surface area contributed by atoms with Crippen LogP contribution in [0.15, 0.2) is 24.3 Å². The number of amides is 3. The molecule has 0 saturated carbocycles. The number of ketones is 1. The molecule has 2 bridgehead atoms. The van der Waals surface area contributed by atoms with Crippen molar-refractivity contribution >= 4 is 23.7 Å². The predicted molar refractivity (Wildman–Crippen MR) is 116 cm³/mol. The molecule has 8 nitrogen and oxygen atoms in total. The fourth-order valence-electron chi connectivity index (χ4n) is 3.10. The van der Waals surface area contributed by atoms with Crippen LogP contribution in [0.2, 0.25) is 0 Å². The molecular formula is C23H33N3O5. The van der Waals surface area contributed by atoms with E-state index in [1.165, 1.54) is 0 Å². The summed E-state index contributed by atoms with van der Waals surface area (Å²) in [5.41, 5.74) is 1.67. The lowest BCUT2D eigenvalue weighted by atomic mass is 9.98. The molecule has 2 aliphatic heterocycles. The van der Waals surface area contributed by atoms with Crippen LogP contribution in [0.5, 0.6) is 0 Å². The molecule has 0 radical (unpaired) electrons. The number of hydrogen-bond donors (Lipinski definition) is 3. The smallest absolute Gasteiger partial charge is 0.407 e. The van der Waals surface area contributed by atoms with Gasteiger partial charge in [0.05, 0.1) is 6.61 Å². The Morgan fingerprint density at radius 1 is 1.13 bits per heavy atom. The maximum atomic E-state index is 13.0. The minimum Gasteiger partial charge on any atom is -0.449 e. The van der Waals surface area contributed by atoms with Crippen molar-refractivity contribution in [1.82, 2.24) is 16.0 Å². The highest BCUT2D eigenvalue weighted by atomic mass is 16.5. The van der Waals surface area contributed by atoms with E-state index in [0.717, 1.165) is 11.1 Å². The summed E-state index contributed by atoms with van der Waals surface area (Å²) < 4.78 is 5.20. The van der Waals surface area contributed by atoms with Crippen molar-refractivity contribution in [2.24, 2.45) is 11.3 Å². The first-order chi connectivity index (χ1) is 14.5. The summed E-state index contributed by atoms with van der Waals surface area (Å²) in [5, 5.41) is 7.84. The Kier molecular flexibility index (Phi) is 8.19. The number of fused-ring (bicyclic) bond motifs is 8. The molecule has 170 valence electrons. The van der Waals surface area contributed by atoms with Crippen LogP contribution in [0.3, 0.4) is 0 Å². The lowest BCUT2D eigenvalue weighted by molar-refractivity contribution is -0.140. The van der Waals surface area contributed by atoms with Crippen molar-refractivity contribution in [3.63, 3.8) is 0 Å². The van der Waals surface area contributed by atoms with E-state index in [2.05, 4.69) is 16.0 Å². The standard InChI is InChI=1S/C23H33N3O5/c1-14(2)18(26-22(30)31-13-23(3,4)5)20(28)25-17-12-16-8-6-15(7-9-16)10-11-24-21(29)19(17)27/h6-9,14,17-18H,10-13H2,1-5H3,(H,24,29)(H,25,28)(H,26,30). The van der Waals surface area contributed by atoms with Crippen molar-refractivity contribution in [1.29, 1.82) is 0 Å². The number of Topliss-reactive ketones (excluding diaryl/α,β-unsaturated/α-hetero) is 1. The topological polar surface area (TPSA) is 114 Å². The Labute approximate surface area is 183 Å². The van der Waals surface area contributed by atoms with Crippen LogP contribution >= 0.6 is 0 Å². The summed E-state index contributed by atoms with van der Waals surface area (Å²) in [6.07, 6.45) is 0.0926. The molecule has 8 heteroatoms. The molecule has 1 aromatic rings. The van der Waals surface area contributed by atoms with Gasteiger partial charge < -0.3 is 20.7 Å². The van der Waals surface area contributed by atoms with Crippen LogP contribution in [0.25, 0.3) is 0 Å². The normalized spacial score (nSPS) is 18.1. The fraction of sp³-hybridized carbons (Fsp3) is 0.565. The Hall–Kier alpha value is -2.90. The molecule has 1 aromatic carbocycles. The zero-order valence-corrected chi connectivity index (χ0v) is 18.9. The third-order valence-corrected chi connectivity index (χ3v) is 4.88.